The highest BCUT2D eigenvalue weighted by atomic mass is 16.6. The molecule has 0 spiro atoms. The fourth-order valence-electron chi connectivity index (χ4n) is 3.09. The van der Waals surface area contributed by atoms with Crippen LogP contribution < -0.4 is 5.32 Å². The third kappa shape index (κ3) is 3.73. The fraction of sp³-hybridized carbons (Fsp3) is 0.625. The van der Waals surface area contributed by atoms with Gasteiger partial charge in [-0.3, -0.25) is 10.1 Å². The van der Waals surface area contributed by atoms with Crippen LogP contribution in [0.5, 0.6) is 0 Å². The number of aryl methyl sites for hydroxylation is 1. The van der Waals surface area contributed by atoms with E-state index in [9.17, 15) is 15.2 Å². The molecule has 2 rings (SSSR count). The fourth-order valence-corrected chi connectivity index (χ4v) is 3.09. The van der Waals surface area contributed by atoms with E-state index < -0.39 is 5.60 Å². The molecule has 1 aromatic rings. The summed E-state index contributed by atoms with van der Waals surface area (Å²) in [5.74, 6) is 0.707. The second-order valence-corrected chi connectivity index (χ2v) is 6.16. The number of benzene rings is 1. The molecule has 1 fully saturated rings. The molecule has 1 aromatic carbocycles. The van der Waals surface area contributed by atoms with Gasteiger partial charge in [-0.25, -0.2) is 0 Å². The Labute approximate surface area is 125 Å². The van der Waals surface area contributed by atoms with Crippen LogP contribution in [0, 0.1) is 23.0 Å². The topological polar surface area (TPSA) is 75.4 Å². The summed E-state index contributed by atoms with van der Waals surface area (Å²) < 4.78 is 0. The molecule has 116 valence electrons. The van der Waals surface area contributed by atoms with Crippen molar-refractivity contribution in [1.29, 1.82) is 0 Å². The number of hydrogen-bond donors (Lipinski definition) is 2. The molecule has 0 aromatic heterocycles. The van der Waals surface area contributed by atoms with Gasteiger partial charge in [0, 0.05) is 12.6 Å². The maximum Gasteiger partial charge on any atom is 0.292 e. The molecule has 1 aliphatic rings. The number of para-hydroxylation sites is 1. The molecule has 0 radical (unpaired) electrons. The minimum Gasteiger partial charge on any atom is -0.388 e. The first kappa shape index (κ1) is 15.8. The lowest BCUT2D eigenvalue weighted by Gasteiger charge is -2.36. The number of nitro benzene ring substituents is 1. The molecule has 0 aliphatic heterocycles. The molecular weight excluding hydrogens is 268 g/mol. The van der Waals surface area contributed by atoms with Gasteiger partial charge in [0.05, 0.1) is 10.5 Å². The average Bonchev–Trinajstić information content (AvgIpc) is 2.46. The summed E-state index contributed by atoms with van der Waals surface area (Å²) in [6.07, 6.45) is 4.75. The zero-order chi connectivity index (χ0) is 15.5. The number of hydrogen-bond acceptors (Lipinski definition) is 4. The normalized spacial score (nSPS) is 25.6. The number of rotatable bonds is 5. The first-order valence-corrected chi connectivity index (χ1v) is 7.65. The second-order valence-electron chi connectivity index (χ2n) is 6.16. The van der Waals surface area contributed by atoms with E-state index in [1.807, 2.05) is 13.0 Å². The quantitative estimate of drug-likeness (QED) is 0.641. The molecule has 0 unspecified atom stereocenters. The number of nitrogens with zero attached hydrogens (tertiary/aromatic N) is 1. The van der Waals surface area contributed by atoms with E-state index in [-0.39, 0.29) is 10.6 Å². The first-order valence-electron chi connectivity index (χ1n) is 7.65. The van der Waals surface area contributed by atoms with Crippen molar-refractivity contribution >= 4 is 11.4 Å². The Balaban J connectivity index is 2.05. The van der Waals surface area contributed by atoms with Crippen LogP contribution in [0.15, 0.2) is 18.2 Å². The summed E-state index contributed by atoms with van der Waals surface area (Å²) in [5, 5.41) is 24.8. The predicted molar refractivity (Wildman–Crippen MR) is 83.5 cm³/mol. The van der Waals surface area contributed by atoms with Crippen LogP contribution in [0.4, 0.5) is 11.4 Å². The second kappa shape index (κ2) is 6.43. The summed E-state index contributed by atoms with van der Waals surface area (Å²) in [6, 6.07) is 5.01. The maximum absolute atomic E-state index is 11.1. The van der Waals surface area contributed by atoms with Gasteiger partial charge in [-0.05, 0) is 44.1 Å². The van der Waals surface area contributed by atoms with E-state index in [4.69, 9.17) is 0 Å². The Morgan fingerprint density at radius 2 is 2.10 bits per heavy atom. The third-order valence-corrected chi connectivity index (χ3v) is 4.65. The molecule has 0 heterocycles. The maximum atomic E-state index is 11.1. The van der Waals surface area contributed by atoms with Crippen LogP contribution in [-0.4, -0.2) is 22.2 Å². The molecule has 5 nitrogen and oxygen atoms in total. The molecular formula is C16H24N2O3. The van der Waals surface area contributed by atoms with Gasteiger partial charge in [-0.15, -0.1) is 0 Å². The van der Waals surface area contributed by atoms with Gasteiger partial charge in [-0.2, -0.15) is 0 Å². The molecule has 0 atom stereocenters. The van der Waals surface area contributed by atoms with Gasteiger partial charge in [-0.1, -0.05) is 25.5 Å². The number of nitro groups is 1. The minimum absolute atomic E-state index is 0.0702. The zero-order valence-electron chi connectivity index (χ0n) is 12.8. The molecule has 0 saturated heterocycles. The highest BCUT2D eigenvalue weighted by Gasteiger charge is 2.33. The number of nitrogens with one attached hydrogen (secondary N) is 1. The number of aliphatic hydroxyl groups is 1. The van der Waals surface area contributed by atoms with E-state index >= 15 is 0 Å². The SMILES string of the molecule is CCC1CCC(O)(CNc2c(C)cccc2[N+](=O)[O-])CC1. The number of anilines is 1. The highest BCUT2D eigenvalue weighted by molar-refractivity contribution is 5.66. The van der Waals surface area contributed by atoms with Gasteiger partial charge in [0.15, 0.2) is 0 Å². The Bertz CT molecular complexity index is 508. The first-order chi connectivity index (χ1) is 9.95. The summed E-state index contributed by atoms with van der Waals surface area (Å²) in [4.78, 5) is 10.7. The molecule has 21 heavy (non-hydrogen) atoms. The Morgan fingerprint density at radius 1 is 1.43 bits per heavy atom. The molecule has 0 bridgehead atoms. The van der Waals surface area contributed by atoms with Crippen molar-refractivity contribution in [1.82, 2.24) is 0 Å². The van der Waals surface area contributed by atoms with Crippen molar-refractivity contribution in [3.63, 3.8) is 0 Å². The van der Waals surface area contributed by atoms with Crippen LogP contribution in [0.1, 0.15) is 44.6 Å². The van der Waals surface area contributed by atoms with Crippen LogP contribution in [0.3, 0.4) is 0 Å². The van der Waals surface area contributed by atoms with E-state index in [1.165, 1.54) is 6.07 Å². The van der Waals surface area contributed by atoms with E-state index in [0.29, 0.717) is 18.2 Å². The minimum atomic E-state index is -0.748. The largest absolute Gasteiger partial charge is 0.388 e. The van der Waals surface area contributed by atoms with Gasteiger partial charge in [0.1, 0.15) is 5.69 Å². The lowest BCUT2D eigenvalue weighted by molar-refractivity contribution is -0.384. The molecule has 1 saturated carbocycles. The summed E-state index contributed by atoms with van der Waals surface area (Å²) >= 11 is 0. The van der Waals surface area contributed by atoms with Gasteiger partial charge in [0.25, 0.3) is 5.69 Å². The van der Waals surface area contributed by atoms with Crippen LogP contribution in [0.25, 0.3) is 0 Å². The van der Waals surface area contributed by atoms with Crippen molar-refractivity contribution < 1.29 is 10.0 Å². The lowest BCUT2D eigenvalue weighted by Crippen LogP contribution is -2.40. The predicted octanol–water partition coefficient (Wildman–Crippen LogP) is 3.65. The van der Waals surface area contributed by atoms with E-state index in [0.717, 1.165) is 37.7 Å². The molecule has 0 amide bonds. The van der Waals surface area contributed by atoms with Crippen molar-refractivity contribution in [3.8, 4) is 0 Å². The van der Waals surface area contributed by atoms with Crippen molar-refractivity contribution in [2.24, 2.45) is 5.92 Å². The van der Waals surface area contributed by atoms with Crippen LogP contribution in [-0.2, 0) is 0 Å². The van der Waals surface area contributed by atoms with Crippen molar-refractivity contribution in [2.45, 2.75) is 51.6 Å². The molecule has 5 heteroatoms. The third-order valence-electron chi connectivity index (χ3n) is 4.65. The smallest absolute Gasteiger partial charge is 0.292 e. The van der Waals surface area contributed by atoms with Crippen LogP contribution >= 0.6 is 0 Å². The summed E-state index contributed by atoms with van der Waals surface area (Å²) in [6.45, 7) is 4.40. The summed E-state index contributed by atoms with van der Waals surface area (Å²) in [5.41, 5.74) is 0.673. The highest BCUT2D eigenvalue weighted by Crippen LogP contribution is 2.35. The van der Waals surface area contributed by atoms with E-state index in [1.54, 1.807) is 6.07 Å². The standard InChI is InChI=1S/C16H24N2O3/c1-3-13-7-9-16(19,10-8-13)11-17-15-12(2)5-4-6-14(15)18(20)21/h4-6,13,17,19H,3,7-11H2,1-2H3. The van der Waals surface area contributed by atoms with E-state index in [2.05, 4.69) is 12.2 Å². The van der Waals surface area contributed by atoms with Crippen molar-refractivity contribution in [2.75, 3.05) is 11.9 Å². The van der Waals surface area contributed by atoms with Crippen molar-refractivity contribution in [3.05, 3.63) is 33.9 Å². The monoisotopic (exact) mass is 292 g/mol. The lowest BCUT2D eigenvalue weighted by atomic mass is 9.78. The van der Waals surface area contributed by atoms with Gasteiger partial charge >= 0.3 is 0 Å². The molecule has 1 aliphatic carbocycles. The Morgan fingerprint density at radius 3 is 2.67 bits per heavy atom. The Hall–Kier alpha value is -1.62. The summed E-state index contributed by atoms with van der Waals surface area (Å²) in [7, 11) is 0. The van der Waals surface area contributed by atoms with Gasteiger partial charge in [0.2, 0.25) is 0 Å². The molecule has 2 N–H and O–H groups in total. The van der Waals surface area contributed by atoms with Gasteiger partial charge < -0.3 is 10.4 Å². The Kier molecular flexibility index (Phi) is 4.83. The average molecular weight is 292 g/mol. The van der Waals surface area contributed by atoms with Crippen LogP contribution in [0.2, 0.25) is 0 Å². The zero-order valence-corrected chi connectivity index (χ0v) is 12.8.